The lowest BCUT2D eigenvalue weighted by Crippen LogP contribution is -2.50. The van der Waals surface area contributed by atoms with Gasteiger partial charge in [0.15, 0.2) is 0 Å². The minimum absolute atomic E-state index is 0.171. The van der Waals surface area contributed by atoms with E-state index in [2.05, 4.69) is 10.8 Å². The molecule has 2 atom stereocenters. The summed E-state index contributed by atoms with van der Waals surface area (Å²) in [6.07, 6.45) is 1.43. The predicted molar refractivity (Wildman–Crippen MR) is 82.1 cm³/mol. The molecule has 0 saturated carbocycles. The van der Waals surface area contributed by atoms with Crippen molar-refractivity contribution in [2.75, 3.05) is 6.54 Å². The van der Waals surface area contributed by atoms with Gasteiger partial charge < -0.3 is 20.6 Å². The van der Waals surface area contributed by atoms with Crippen molar-refractivity contribution in [2.45, 2.75) is 31.5 Å². The normalized spacial score (nSPS) is 19.7. The van der Waals surface area contributed by atoms with Crippen LogP contribution < -0.4 is 10.8 Å². The number of hydrogen-bond donors (Lipinski definition) is 5. The topological polar surface area (TPSA) is 145 Å². The second-order valence-corrected chi connectivity index (χ2v) is 5.08. The molecule has 0 bridgehead atoms. The largest absolute Gasteiger partial charge is 0.480 e. The van der Waals surface area contributed by atoms with Crippen LogP contribution in [0.2, 0.25) is 0 Å². The Balaban J connectivity index is 0.000000413. The molecule has 1 aliphatic rings. The molecule has 0 amide bonds. The molecule has 5 N–H and O–H groups in total. The van der Waals surface area contributed by atoms with Crippen LogP contribution in [0.1, 0.15) is 18.4 Å². The number of rotatable bonds is 5. The molecule has 1 heterocycles. The van der Waals surface area contributed by atoms with Crippen molar-refractivity contribution in [1.82, 2.24) is 10.8 Å². The third kappa shape index (κ3) is 7.68. The summed E-state index contributed by atoms with van der Waals surface area (Å²) in [4.78, 5) is 34.4. The highest BCUT2D eigenvalue weighted by Gasteiger charge is 2.25. The highest BCUT2D eigenvalue weighted by atomic mass is 16.6. The second kappa shape index (κ2) is 10.3. The Morgan fingerprint density at radius 2 is 1.71 bits per heavy atom. The summed E-state index contributed by atoms with van der Waals surface area (Å²) < 4.78 is 0. The monoisotopic (exact) mass is 340 g/mol. The van der Waals surface area contributed by atoms with Crippen LogP contribution in [-0.4, -0.2) is 51.9 Å². The van der Waals surface area contributed by atoms with Crippen LogP contribution in [-0.2, 0) is 25.8 Å². The number of carboxylic acid groups (broad SMARTS) is 3. The van der Waals surface area contributed by atoms with E-state index in [0.29, 0.717) is 19.6 Å². The van der Waals surface area contributed by atoms with Gasteiger partial charge in [-0.05, 0) is 18.4 Å². The zero-order chi connectivity index (χ0) is 17.9. The van der Waals surface area contributed by atoms with Gasteiger partial charge in [0.25, 0.3) is 0 Å². The summed E-state index contributed by atoms with van der Waals surface area (Å²) in [5.41, 5.74) is 4.08. The number of hydroxylamine groups is 1. The van der Waals surface area contributed by atoms with Crippen LogP contribution in [0.25, 0.3) is 0 Å². The van der Waals surface area contributed by atoms with Gasteiger partial charge in [-0.3, -0.25) is 9.63 Å². The van der Waals surface area contributed by atoms with Gasteiger partial charge in [0.05, 0.1) is 6.61 Å². The lowest BCUT2D eigenvalue weighted by atomic mass is 10.0. The molecule has 9 nitrogen and oxygen atoms in total. The van der Waals surface area contributed by atoms with Crippen molar-refractivity contribution < 1.29 is 34.5 Å². The molecule has 1 aliphatic heterocycles. The molecule has 9 heteroatoms. The lowest BCUT2D eigenvalue weighted by molar-refractivity contribution is -0.159. The number of carbonyl (C=O) groups is 3. The van der Waals surface area contributed by atoms with E-state index in [-0.39, 0.29) is 6.04 Å². The molecule has 1 saturated heterocycles. The van der Waals surface area contributed by atoms with Gasteiger partial charge in [0, 0.05) is 12.6 Å². The Morgan fingerprint density at radius 3 is 2.17 bits per heavy atom. The van der Waals surface area contributed by atoms with Gasteiger partial charge in [-0.2, -0.15) is 5.48 Å². The molecule has 1 aromatic carbocycles. The lowest BCUT2D eigenvalue weighted by Gasteiger charge is -2.27. The van der Waals surface area contributed by atoms with Crippen molar-refractivity contribution in [3.05, 3.63) is 35.9 Å². The Labute approximate surface area is 138 Å². The molecule has 132 valence electrons. The van der Waals surface area contributed by atoms with Crippen molar-refractivity contribution in [1.29, 1.82) is 0 Å². The molecule has 1 aromatic rings. The molecular formula is C15H20N2O7. The van der Waals surface area contributed by atoms with E-state index >= 15 is 0 Å². The van der Waals surface area contributed by atoms with Crippen molar-refractivity contribution in [2.24, 2.45) is 0 Å². The van der Waals surface area contributed by atoms with E-state index in [1.54, 1.807) is 0 Å². The number of piperidine rings is 1. The average Bonchev–Trinajstić information content (AvgIpc) is 2.57. The second-order valence-electron chi connectivity index (χ2n) is 5.08. The van der Waals surface area contributed by atoms with E-state index in [1.165, 1.54) is 0 Å². The predicted octanol–water partition coefficient (Wildman–Crippen LogP) is 0.0686. The fourth-order valence-electron chi connectivity index (χ4n) is 1.98. The first-order valence-electron chi connectivity index (χ1n) is 7.23. The number of aliphatic carboxylic acids is 3. The van der Waals surface area contributed by atoms with Crippen LogP contribution in [0.5, 0.6) is 0 Å². The number of benzene rings is 1. The molecule has 24 heavy (non-hydrogen) atoms. The van der Waals surface area contributed by atoms with Gasteiger partial charge >= 0.3 is 17.9 Å². The summed E-state index contributed by atoms with van der Waals surface area (Å²) in [5.74, 6) is -4.43. The Kier molecular flexibility index (Phi) is 8.41. The fourth-order valence-corrected chi connectivity index (χ4v) is 1.98. The van der Waals surface area contributed by atoms with Crippen LogP contribution >= 0.6 is 0 Å². The molecular weight excluding hydrogens is 320 g/mol. The minimum atomic E-state index is -1.82. The summed E-state index contributed by atoms with van der Waals surface area (Å²) in [6, 6.07) is 9.66. The summed E-state index contributed by atoms with van der Waals surface area (Å²) in [7, 11) is 0. The zero-order valence-electron chi connectivity index (χ0n) is 12.8. The van der Waals surface area contributed by atoms with Gasteiger partial charge in [-0.25, -0.2) is 9.59 Å². The maximum Gasteiger partial charge on any atom is 0.414 e. The number of hydrogen-bond acceptors (Lipinski definition) is 6. The third-order valence-corrected chi connectivity index (χ3v) is 3.23. The van der Waals surface area contributed by atoms with Crippen molar-refractivity contribution >= 4 is 17.9 Å². The van der Waals surface area contributed by atoms with Gasteiger partial charge in [0.1, 0.15) is 6.04 Å². The van der Waals surface area contributed by atoms with Gasteiger partial charge in [-0.15, -0.1) is 0 Å². The Bertz CT molecular complexity index is 530. The number of carboxylic acids is 3. The highest BCUT2D eigenvalue weighted by Crippen LogP contribution is 2.09. The molecule has 0 unspecified atom stereocenters. The zero-order valence-corrected chi connectivity index (χ0v) is 12.8. The van der Waals surface area contributed by atoms with Crippen LogP contribution in [0, 0.1) is 0 Å². The Hall–Kier alpha value is -2.49. The van der Waals surface area contributed by atoms with E-state index in [1.807, 2.05) is 30.3 Å². The van der Waals surface area contributed by atoms with Crippen LogP contribution in [0.15, 0.2) is 30.3 Å². The Morgan fingerprint density at radius 1 is 1.08 bits per heavy atom. The molecule has 0 aromatic heterocycles. The van der Waals surface area contributed by atoms with Crippen molar-refractivity contribution in [3.63, 3.8) is 0 Å². The van der Waals surface area contributed by atoms with E-state index in [0.717, 1.165) is 12.0 Å². The summed E-state index contributed by atoms with van der Waals surface area (Å²) in [5, 5.41) is 26.6. The standard InChI is InChI=1S/C13H18N2O3.C2H2O4/c16-13(17)12-7-6-11(8-14-12)15-18-9-10-4-2-1-3-5-10;3-1(4)2(5)6/h1-5,11-12,14-15H,6-9H2,(H,16,17);(H,3,4)(H,5,6)/t11-,12+;/m1./s1. The van der Waals surface area contributed by atoms with E-state index < -0.39 is 23.9 Å². The minimum Gasteiger partial charge on any atom is -0.480 e. The van der Waals surface area contributed by atoms with Crippen LogP contribution in [0.4, 0.5) is 0 Å². The highest BCUT2D eigenvalue weighted by molar-refractivity contribution is 6.27. The maximum absolute atomic E-state index is 10.7. The first-order valence-corrected chi connectivity index (χ1v) is 7.23. The molecule has 0 spiro atoms. The average molecular weight is 340 g/mol. The fraction of sp³-hybridized carbons (Fsp3) is 0.400. The summed E-state index contributed by atoms with van der Waals surface area (Å²) in [6.45, 7) is 1.13. The maximum atomic E-state index is 10.7. The van der Waals surface area contributed by atoms with E-state index in [4.69, 9.17) is 29.7 Å². The third-order valence-electron chi connectivity index (χ3n) is 3.23. The molecule has 0 aliphatic carbocycles. The smallest absolute Gasteiger partial charge is 0.414 e. The number of nitrogens with one attached hydrogen (secondary N) is 2. The van der Waals surface area contributed by atoms with Crippen LogP contribution in [0.3, 0.4) is 0 Å². The van der Waals surface area contributed by atoms with Gasteiger partial charge in [0.2, 0.25) is 0 Å². The van der Waals surface area contributed by atoms with Crippen molar-refractivity contribution in [3.8, 4) is 0 Å². The first-order chi connectivity index (χ1) is 11.4. The molecule has 0 radical (unpaired) electrons. The quantitative estimate of drug-likeness (QED) is 0.371. The van der Waals surface area contributed by atoms with Gasteiger partial charge in [-0.1, -0.05) is 30.3 Å². The SMILES string of the molecule is O=C(O)C(=O)O.O=C(O)[C@@H]1CC[C@@H](NOCc2ccccc2)CN1. The molecule has 1 fully saturated rings. The van der Waals surface area contributed by atoms with E-state index in [9.17, 15) is 4.79 Å². The first kappa shape index (κ1) is 19.6. The molecule has 2 rings (SSSR count). The summed E-state index contributed by atoms with van der Waals surface area (Å²) >= 11 is 0.